The first kappa shape index (κ1) is 15.5. The van der Waals surface area contributed by atoms with Gasteiger partial charge in [0, 0.05) is 12.5 Å². The molecule has 0 saturated carbocycles. The van der Waals surface area contributed by atoms with Gasteiger partial charge in [-0.15, -0.1) is 0 Å². The molecule has 6 nitrogen and oxygen atoms in total. The molecule has 1 heterocycles. The van der Waals surface area contributed by atoms with Crippen LogP contribution in [0.1, 0.15) is 33.6 Å². The van der Waals surface area contributed by atoms with Gasteiger partial charge in [0.15, 0.2) is 5.78 Å². The summed E-state index contributed by atoms with van der Waals surface area (Å²) >= 11 is 0. The molecule has 0 bridgehead atoms. The van der Waals surface area contributed by atoms with E-state index in [1.54, 1.807) is 0 Å². The first-order chi connectivity index (χ1) is 8.88. The Morgan fingerprint density at radius 2 is 2.00 bits per heavy atom. The van der Waals surface area contributed by atoms with Crippen molar-refractivity contribution in [3.63, 3.8) is 0 Å². The molecule has 2 N–H and O–H groups in total. The van der Waals surface area contributed by atoms with E-state index in [2.05, 4.69) is 5.32 Å². The summed E-state index contributed by atoms with van der Waals surface area (Å²) in [5, 5.41) is 10.6. The smallest absolute Gasteiger partial charge is 0.405 e. The van der Waals surface area contributed by atoms with Gasteiger partial charge in [-0.3, -0.25) is 9.59 Å². The summed E-state index contributed by atoms with van der Waals surface area (Å²) in [6.45, 7) is 5.92. The van der Waals surface area contributed by atoms with Gasteiger partial charge in [-0.05, 0) is 12.3 Å². The van der Waals surface area contributed by atoms with Crippen molar-refractivity contribution in [2.24, 2.45) is 11.8 Å². The van der Waals surface area contributed by atoms with Gasteiger partial charge in [0.1, 0.15) is 6.54 Å². The highest BCUT2D eigenvalue weighted by molar-refractivity contribution is 5.92. The summed E-state index contributed by atoms with van der Waals surface area (Å²) in [6, 6.07) is -0.395. The minimum Gasteiger partial charge on any atom is -0.465 e. The van der Waals surface area contributed by atoms with Gasteiger partial charge >= 0.3 is 6.09 Å². The van der Waals surface area contributed by atoms with E-state index in [9.17, 15) is 14.4 Å². The second kappa shape index (κ2) is 6.54. The number of Topliss-reactive ketones (excluding diaryl/α,β-unsaturated/α-hetero) is 1. The van der Waals surface area contributed by atoms with Crippen LogP contribution in [-0.2, 0) is 9.59 Å². The van der Waals surface area contributed by atoms with Gasteiger partial charge in [-0.25, -0.2) is 4.79 Å². The summed E-state index contributed by atoms with van der Waals surface area (Å²) < 4.78 is 0. The second-order valence-electron chi connectivity index (χ2n) is 5.20. The minimum absolute atomic E-state index is 0.0630. The number of carboxylic acid groups (broad SMARTS) is 1. The normalized spacial score (nSPS) is 22.6. The third-order valence-electron chi connectivity index (χ3n) is 3.62. The molecule has 0 aromatic heterocycles. The summed E-state index contributed by atoms with van der Waals surface area (Å²) in [6.07, 6.45) is 0.420. The molecule has 1 aliphatic rings. The predicted molar refractivity (Wildman–Crippen MR) is 69.8 cm³/mol. The molecule has 1 saturated heterocycles. The molecule has 1 fully saturated rings. The summed E-state index contributed by atoms with van der Waals surface area (Å²) in [4.78, 5) is 36.2. The molecular formula is C13H22N2O4. The van der Waals surface area contributed by atoms with Gasteiger partial charge in [0.05, 0.1) is 6.04 Å². The zero-order chi connectivity index (χ0) is 14.6. The van der Waals surface area contributed by atoms with E-state index < -0.39 is 12.1 Å². The Bertz CT molecular complexity index is 368. The van der Waals surface area contributed by atoms with Crippen LogP contribution in [0.5, 0.6) is 0 Å². The third-order valence-corrected chi connectivity index (χ3v) is 3.62. The van der Waals surface area contributed by atoms with E-state index >= 15 is 0 Å². The number of carbonyl (C=O) groups is 3. The SMILES string of the molecule is CC[C@@H]1CCN(C(=O)CNC(=O)O)[C@@H]1C(=O)C(C)C. The van der Waals surface area contributed by atoms with Crippen LogP contribution in [0.3, 0.4) is 0 Å². The van der Waals surface area contributed by atoms with Crippen LogP contribution >= 0.6 is 0 Å². The van der Waals surface area contributed by atoms with Crippen molar-refractivity contribution in [1.82, 2.24) is 10.2 Å². The average Bonchev–Trinajstić information content (AvgIpc) is 2.78. The Morgan fingerprint density at radius 1 is 1.37 bits per heavy atom. The summed E-state index contributed by atoms with van der Waals surface area (Å²) in [5.41, 5.74) is 0. The number of ketones is 1. The van der Waals surface area contributed by atoms with E-state index in [0.29, 0.717) is 6.54 Å². The number of hydrogen-bond donors (Lipinski definition) is 2. The lowest BCUT2D eigenvalue weighted by molar-refractivity contribution is -0.139. The number of nitrogens with zero attached hydrogens (tertiary/aromatic N) is 1. The predicted octanol–water partition coefficient (Wildman–Crippen LogP) is 1.11. The molecule has 0 spiro atoms. The zero-order valence-electron chi connectivity index (χ0n) is 11.7. The van der Waals surface area contributed by atoms with Gasteiger partial charge in [-0.2, -0.15) is 0 Å². The quantitative estimate of drug-likeness (QED) is 0.783. The monoisotopic (exact) mass is 270 g/mol. The van der Waals surface area contributed by atoms with Crippen LogP contribution in [0.2, 0.25) is 0 Å². The lowest BCUT2D eigenvalue weighted by Crippen LogP contribution is -2.48. The lowest BCUT2D eigenvalue weighted by atomic mass is 9.89. The maximum atomic E-state index is 12.2. The van der Waals surface area contributed by atoms with Crippen LogP contribution in [0.25, 0.3) is 0 Å². The van der Waals surface area contributed by atoms with Crippen LogP contribution in [0, 0.1) is 11.8 Å². The van der Waals surface area contributed by atoms with Crippen LogP contribution in [0.15, 0.2) is 0 Å². The summed E-state index contributed by atoms with van der Waals surface area (Å²) in [7, 11) is 0. The molecule has 0 unspecified atom stereocenters. The number of amides is 2. The molecular weight excluding hydrogens is 248 g/mol. The van der Waals surface area contributed by atoms with Crippen molar-refractivity contribution in [1.29, 1.82) is 0 Å². The number of rotatable bonds is 5. The second-order valence-corrected chi connectivity index (χ2v) is 5.20. The van der Waals surface area contributed by atoms with Crippen molar-refractivity contribution in [3.05, 3.63) is 0 Å². The van der Waals surface area contributed by atoms with Gasteiger partial charge in [0.25, 0.3) is 0 Å². The molecule has 108 valence electrons. The van der Waals surface area contributed by atoms with Crippen LogP contribution in [0.4, 0.5) is 4.79 Å². The van der Waals surface area contributed by atoms with E-state index in [1.807, 2.05) is 20.8 Å². The van der Waals surface area contributed by atoms with Crippen molar-refractivity contribution in [2.45, 2.75) is 39.7 Å². The first-order valence-electron chi connectivity index (χ1n) is 6.68. The Balaban J connectivity index is 2.78. The van der Waals surface area contributed by atoms with E-state index in [0.717, 1.165) is 12.8 Å². The Hall–Kier alpha value is -1.59. The van der Waals surface area contributed by atoms with Gasteiger partial charge < -0.3 is 15.3 Å². The molecule has 1 rings (SSSR count). The molecule has 19 heavy (non-hydrogen) atoms. The fourth-order valence-electron chi connectivity index (χ4n) is 2.54. The fourth-order valence-corrected chi connectivity index (χ4v) is 2.54. The highest BCUT2D eigenvalue weighted by Crippen LogP contribution is 2.29. The number of likely N-dealkylation sites (tertiary alicyclic amines) is 1. The highest BCUT2D eigenvalue weighted by atomic mass is 16.4. The lowest BCUT2D eigenvalue weighted by Gasteiger charge is -2.28. The number of carbonyl (C=O) groups excluding carboxylic acids is 2. The maximum absolute atomic E-state index is 12.2. The molecule has 6 heteroatoms. The molecule has 0 radical (unpaired) electrons. The summed E-state index contributed by atoms with van der Waals surface area (Å²) in [5.74, 6) is -0.200. The van der Waals surface area contributed by atoms with Crippen molar-refractivity contribution < 1.29 is 19.5 Å². The standard InChI is InChI=1S/C13H22N2O4/c1-4-9-5-6-15(10(16)7-14-13(18)19)11(9)12(17)8(2)3/h8-9,11,14H,4-7H2,1-3H3,(H,18,19)/t9-,11+/m1/s1. The van der Waals surface area contributed by atoms with Gasteiger partial charge in [0.2, 0.25) is 5.91 Å². The van der Waals surface area contributed by atoms with E-state index in [1.165, 1.54) is 4.90 Å². The van der Waals surface area contributed by atoms with Crippen LogP contribution < -0.4 is 5.32 Å². The number of hydrogen-bond acceptors (Lipinski definition) is 3. The largest absolute Gasteiger partial charge is 0.465 e. The molecule has 1 aliphatic heterocycles. The number of nitrogens with one attached hydrogen (secondary N) is 1. The Kier molecular flexibility index (Phi) is 5.32. The molecule has 2 amide bonds. The molecule has 0 aromatic rings. The zero-order valence-corrected chi connectivity index (χ0v) is 11.7. The topological polar surface area (TPSA) is 86.7 Å². The van der Waals surface area contributed by atoms with Crippen molar-refractivity contribution in [3.8, 4) is 0 Å². The average molecular weight is 270 g/mol. The van der Waals surface area contributed by atoms with Crippen LogP contribution in [-0.4, -0.2) is 46.9 Å². The third kappa shape index (κ3) is 3.68. The molecule has 0 aromatic carbocycles. The van der Waals surface area contributed by atoms with Crippen molar-refractivity contribution in [2.75, 3.05) is 13.1 Å². The Labute approximate surface area is 113 Å². The van der Waals surface area contributed by atoms with Crippen molar-refractivity contribution >= 4 is 17.8 Å². The molecule has 0 aliphatic carbocycles. The highest BCUT2D eigenvalue weighted by Gasteiger charge is 2.41. The van der Waals surface area contributed by atoms with E-state index in [4.69, 9.17) is 5.11 Å². The van der Waals surface area contributed by atoms with Gasteiger partial charge in [-0.1, -0.05) is 27.2 Å². The van der Waals surface area contributed by atoms with E-state index in [-0.39, 0.29) is 30.1 Å². The fraction of sp³-hybridized carbons (Fsp3) is 0.769. The first-order valence-corrected chi connectivity index (χ1v) is 6.68. The maximum Gasteiger partial charge on any atom is 0.405 e. The minimum atomic E-state index is -1.23. The molecule has 2 atom stereocenters. The Morgan fingerprint density at radius 3 is 2.47 bits per heavy atom.